The van der Waals surface area contributed by atoms with Crippen molar-refractivity contribution in [3.05, 3.63) is 52.7 Å². The van der Waals surface area contributed by atoms with Crippen LogP contribution in [-0.2, 0) is 0 Å². The summed E-state index contributed by atoms with van der Waals surface area (Å²) in [7, 11) is 0. The van der Waals surface area contributed by atoms with Gasteiger partial charge in [0.25, 0.3) is 0 Å². The Bertz CT molecular complexity index is 602. The number of benzene rings is 1. The molecule has 0 aliphatic rings. The van der Waals surface area contributed by atoms with Crippen molar-refractivity contribution in [3.8, 4) is 11.6 Å². The standard InChI is InChI=1S/C15H15ClN2O/c1-10(2)11(3)12-6-4-5-7-13(12)19-15-9-8-14(16)17-18-15/h4-9H,1-3H3. The molecule has 0 radical (unpaired) electrons. The first kappa shape index (κ1) is 13.6. The third-order valence-corrected chi connectivity index (χ3v) is 3.06. The lowest BCUT2D eigenvalue weighted by atomic mass is 10.0. The Morgan fingerprint density at radius 3 is 2.37 bits per heavy atom. The Morgan fingerprint density at radius 1 is 1.00 bits per heavy atom. The molecular formula is C15H15ClN2O. The highest BCUT2D eigenvalue weighted by Crippen LogP contribution is 2.30. The number of nitrogens with zero attached hydrogens (tertiary/aromatic N) is 2. The molecule has 0 saturated heterocycles. The minimum Gasteiger partial charge on any atom is -0.437 e. The Labute approximate surface area is 117 Å². The molecule has 0 fully saturated rings. The molecule has 1 heterocycles. The van der Waals surface area contributed by atoms with Crippen molar-refractivity contribution in [1.82, 2.24) is 10.2 Å². The maximum absolute atomic E-state index is 5.77. The summed E-state index contributed by atoms with van der Waals surface area (Å²) in [5.41, 5.74) is 3.50. The van der Waals surface area contributed by atoms with Crippen LogP contribution in [0.3, 0.4) is 0 Å². The van der Waals surface area contributed by atoms with Crippen LogP contribution in [0.4, 0.5) is 0 Å². The van der Waals surface area contributed by atoms with E-state index in [2.05, 4.69) is 31.0 Å². The van der Waals surface area contributed by atoms with Crippen LogP contribution in [0, 0.1) is 0 Å². The minimum atomic E-state index is 0.348. The monoisotopic (exact) mass is 274 g/mol. The molecule has 1 aromatic heterocycles. The summed E-state index contributed by atoms with van der Waals surface area (Å²) in [5, 5.41) is 8.01. The van der Waals surface area contributed by atoms with Crippen LogP contribution in [0.1, 0.15) is 26.3 Å². The second kappa shape index (κ2) is 5.85. The van der Waals surface area contributed by atoms with E-state index >= 15 is 0 Å². The number of allylic oxidation sites excluding steroid dienone is 2. The first-order valence-electron chi connectivity index (χ1n) is 5.98. The van der Waals surface area contributed by atoms with E-state index in [-0.39, 0.29) is 0 Å². The molecule has 1 aromatic carbocycles. The van der Waals surface area contributed by atoms with Crippen molar-refractivity contribution in [2.45, 2.75) is 20.8 Å². The van der Waals surface area contributed by atoms with Gasteiger partial charge in [-0.05, 0) is 38.5 Å². The molecular weight excluding hydrogens is 260 g/mol. The first-order valence-corrected chi connectivity index (χ1v) is 6.36. The van der Waals surface area contributed by atoms with E-state index in [1.54, 1.807) is 12.1 Å². The lowest BCUT2D eigenvalue weighted by Crippen LogP contribution is -1.94. The summed E-state index contributed by atoms with van der Waals surface area (Å²) < 4.78 is 5.77. The molecule has 0 spiro atoms. The zero-order valence-electron chi connectivity index (χ0n) is 11.1. The van der Waals surface area contributed by atoms with Crippen LogP contribution < -0.4 is 4.74 Å². The third kappa shape index (κ3) is 3.32. The van der Waals surface area contributed by atoms with Gasteiger partial charge in [-0.15, -0.1) is 10.2 Å². The van der Waals surface area contributed by atoms with Crippen molar-refractivity contribution in [2.24, 2.45) is 0 Å². The molecule has 0 bridgehead atoms. The Hall–Kier alpha value is -1.87. The second-order valence-electron chi connectivity index (χ2n) is 4.42. The molecule has 0 unspecified atom stereocenters. The topological polar surface area (TPSA) is 35.0 Å². The first-order chi connectivity index (χ1) is 9.08. The largest absolute Gasteiger partial charge is 0.437 e. The Balaban J connectivity index is 2.36. The summed E-state index contributed by atoms with van der Waals surface area (Å²) in [6, 6.07) is 11.2. The highest BCUT2D eigenvalue weighted by atomic mass is 35.5. The third-order valence-electron chi connectivity index (χ3n) is 2.86. The van der Waals surface area contributed by atoms with Crippen LogP contribution in [0.5, 0.6) is 11.6 Å². The van der Waals surface area contributed by atoms with Gasteiger partial charge in [0, 0.05) is 11.6 Å². The SMILES string of the molecule is CC(C)=C(C)c1ccccc1Oc1ccc(Cl)nn1. The lowest BCUT2D eigenvalue weighted by molar-refractivity contribution is 0.454. The van der Waals surface area contributed by atoms with E-state index in [1.807, 2.05) is 24.3 Å². The number of rotatable bonds is 3. The number of hydrogen-bond acceptors (Lipinski definition) is 3. The maximum atomic E-state index is 5.77. The molecule has 3 nitrogen and oxygen atoms in total. The molecule has 98 valence electrons. The van der Waals surface area contributed by atoms with Crippen LogP contribution in [0.25, 0.3) is 5.57 Å². The zero-order valence-corrected chi connectivity index (χ0v) is 11.9. The molecule has 4 heteroatoms. The molecule has 0 amide bonds. The average molecular weight is 275 g/mol. The maximum Gasteiger partial charge on any atom is 0.238 e. The molecule has 2 aromatic rings. The normalized spacial score (nSPS) is 10.1. The van der Waals surface area contributed by atoms with Crippen molar-refractivity contribution in [3.63, 3.8) is 0 Å². The van der Waals surface area contributed by atoms with Gasteiger partial charge in [0.1, 0.15) is 5.75 Å². The number of para-hydroxylation sites is 1. The van der Waals surface area contributed by atoms with Crippen LogP contribution in [0.2, 0.25) is 5.15 Å². The number of ether oxygens (including phenoxy) is 1. The molecule has 2 rings (SSSR count). The fraction of sp³-hybridized carbons (Fsp3) is 0.200. The fourth-order valence-electron chi connectivity index (χ4n) is 1.61. The van der Waals surface area contributed by atoms with Crippen LogP contribution >= 0.6 is 11.6 Å². The van der Waals surface area contributed by atoms with Gasteiger partial charge < -0.3 is 4.74 Å². The van der Waals surface area contributed by atoms with Crippen LogP contribution in [0.15, 0.2) is 42.0 Å². The highest BCUT2D eigenvalue weighted by molar-refractivity contribution is 6.29. The number of aromatic nitrogens is 2. The predicted molar refractivity (Wildman–Crippen MR) is 77.5 cm³/mol. The fourth-order valence-corrected chi connectivity index (χ4v) is 1.71. The summed E-state index contributed by atoms with van der Waals surface area (Å²) in [6.07, 6.45) is 0. The van der Waals surface area contributed by atoms with Crippen molar-refractivity contribution in [1.29, 1.82) is 0 Å². The van der Waals surface area contributed by atoms with Crippen LogP contribution in [-0.4, -0.2) is 10.2 Å². The van der Waals surface area contributed by atoms with E-state index in [0.717, 1.165) is 11.3 Å². The van der Waals surface area contributed by atoms with Gasteiger partial charge in [-0.2, -0.15) is 0 Å². The average Bonchev–Trinajstić information content (AvgIpc) is 2.41. The minimum absolute atomic E-state index is 0.348. The lowest BCUT2D eigenvalue weighted by Gasteiger charge is -2.11. The van der Waals surface area contributed by atoms with Crippen molar-refractivity contribution < 1.29 is 4.74 Å². The van der Waals surface area contributed by atoms with Gasteiger partial charge in [-0.3, -0.25) is 0 Å². The molecule has 0 saturated carbocycles. The Morgan fingerprint density at radius 2 is 1.74 bits per heavy atom. The van der Waals surface area contributed by atoms with E-state index in [0.29, 0.717) is 11.0 Å². The van der Waals surface area contributed by atoms with Gasteiger partial charge in [0.2, 0.25) is 5.88 Å². The van der Waals surface area contributed by atoms with Gasteiger partial charge in [0.05, 0.1) is 0 Å². The number of hydrogen-bond donors (Lipinski definition) is 0. The molecule has 19 heavy (non-hydrogen) atoms. The Kier molecular flexibility index (Phi) is 4.17. The van der Waals surface area contributed by atoms with Gasteiger partial charge in [0.15, 0.2) is 5.15 Å². The predicted octanol–water partition coefficient (Wildman–Crippen LogP) is 4.74. The quantitative estimate of drug-likeness (QED) is 0.811. The molecule has 0 N–H and O–H groups in total. The van der Waals surface area contributed by atoms with E-state index in [1.165, 1.54) is 11.1 Å². The van der Waals surface area contributed by atoms with E-state index in [9.17, 15) is 0 Å². The summed E-state index contributed by atoms with van der Waals surface area (Å²) in [4.78, 5) is 0. The van der Waals surface area contributed by atoms with Crippen molar-refractivity contribution in [2.75, 3.05) is 0 Å². The van der Waals surface area contributed by atoms with E-state index < -0.39 is 0 Å². The second-order valence-corrected chi connectivity index (χ2v) is 4.80. The van der Waals surface area contributed by atoms with Gasteiger partial charge in [-0.1, -0.05) is 35.4 Å². The van der Waals surface area contributed by atoms with Gasteiger partial charge in [-0.25, -0.2) is 0 Å². The highest BCUT2D eigenvalue weighted by Gasteiger charge is 2.08. The summed E-state index contributed by atoms with van der Waals surface area (Å²) in [6.45, 7) is 6.23. The molecule has 0 aliphatic heterocycles. The van der Waals surface area contributed by atoms with Gasteiger partial charge >= 0.3 is 0 Å². The van der Waals surface area contributed by atoms with E-state index in [4.69, 9.17) is 16.3 Å². The smallest absolute Gasteiger partial charge is 0.238 e. The zero-order chi connectivity index (χ0) is 13.8. The summed E-state index contributed by atoms with van der Waals surface area (Å²) in [5.74, 6) is 1.19. The summed E-state index contributed by atoms with van der Waals surface area (Å²) >= 11 is 5.70. The molecule has 0 atom stereocenters. The molecule has 0 aliphatic carbocycles. The number of halogens is 1. The van der Waals surface area contributed by atoms with Crippen molar-refractivity contribution >= 4 is 17.2 Å².